The molecule has 1 aliphatic heterocycles. The lowest BCUT2D eigenvalue weighted by Crippen LogP contribution is -2.31. The number of likely N-dealkylation sites (tertiary alicyclic amines) is 1. The van der Waals surface area contributed by atoms with Crippen molar-refractivity contribution in [3.05, 3.63) is 52.4 Å². The third-order valence-corrected chi connectivity index (χ3v) is 4.80. The molecule has 8 heteroatoms. The summed E-state index contributed by atoms with van der Waals surface area (Å²) in [5, 5.41) is 2.98. The zero-order valence-electron chi connectivity index (χ0n) is 14.6. The number of rotatable bonds is 3. The molecule has 3 aromatic rings. The number of anilines is 1. The highest BCUT2D eigenvalue weighted by Crippen LogP contribution is 2.32. The Morgan fingerprint density at radius 1 is 1.35 bits per heavy atom. The van der Waals surface area contributed by atoms with E-state index in [1.54, 1.807) is 44.7 Å². The van der Waals surface area contributed by atoms with Gasteiger partial charge in [-0.2, -0.15) is 0 Å². The summed E-state index contributed by atoms with van der Waals surface area (Å²) >= 11 is 0. The smallest absolute Gasteiger partial charge is 0.408 e. The summed E-state index contributed by atoms with van der Waals surface area (Å²) in [5.41, 5.74) is 2.38. The van der Waals surface area contributed by atoms with Crippen LogP contribution in [-0.2, 0) is 7.05 Å². The Labute approximate surface area is 149 Å². The molecule has 0 spiro atoms. The maximum atomic E-state index is 13.1. The van der Waals surface area contributed by atoms with Crippen LogP contribution in [0.25, 0.3) is 11.1 Å². The van der Waals surface area contributed by atoms with E-state index in [1.807, 2.05) is 4.90 Å². The molecular formula is C18H19N5O3. The summed E-state index contributed by atoms with van der Waals surface area (Å²) in [6.45, 7) is 0.664. The third kappa shape index (κ3) is 2.63. The van der Waals surface area contributed by atoms with Crippen molar-refractivity contribution in [2.75, 3.05) is 18.9 Å². The summed E-state index contributed by atoms with van der Waals surface area (Å²) in [6, 6.07) is 4.95. The molecule has 4 rings (SSSR count). The van der Waals surface area contributed by atoms with Gasteiger partial charge in [0.05, 0.1) is 29.6 Å². The fourth-order valence-corrected chi connectivity index (χ4v) is 3.40. The topological polar surface area (TPSA) is 93.3 Å². The molecule has 3 heterocycles. The van der Waals surface area contributed by atoms with Crippen molar-refractivity contribution in [1.82, 2.24) is 19.4 Å². The van der Waals surface area contributed by atoms with Crippen LogP contribution in [0.2, 0.25) is 0 Å². The Bertz CT molecular complexity index is 1040. The average Bonchev–Trinajstić information content (AvgIpc) is 3.26. The van der Waals surface area contributed by atoms with E-state index in [9.17, 15) is 9.59 Å². The monoisotopic (exact) mass is 353 g/mol. The lowest BCUT2D eigenvalue weighted by Gasteiger charge is -2.24. The number of fused-ring (bicyclic) bond motifs is 1. The minimum Gasteiger partial charge on any atom is -0.408 e. The SMILES string of the molecule is CNc1cncc([C@@H]2CCCN2C(=O)c2ccc3oc(=O)n(C)c3c2)n1. The first-order valence-corrected chi connectivity index (χ1v) is 8.48. The summed E-state index contributed by atoms with van der Waals surface area (Å²) in [5.74, 6) is 0.152. The van der Waals surface area contributed by atoms with Gasteiger partial charge in [-0.05, 0) is 31.0 Å². The van der Waals surface area contributed by atoms with Crippen LogP contribution >= 0.6 is 0 Å². The number of nitrogens with one attached hydrogen (secondary N) is 1. The zero-order chi connectivity index (χ0) is 18.3. The fraction of sp³-hybridized carbons (Fsp3) is 0.333. The van der Waals surface area contributed by atoms with Crippen molar-refractivity contribution in [1.29, 1.82) is 0 Å². The van der Waals surface area contributed by atoms with Crippen LogP contribution in [0.1, 0.15) is 34.9 Å². The van der Waals surface area contributed by atoms with E-state index in [0.717, 1.165) is 18.5 Å². The van der Waals surface area contributed by atoms with Crippen LogP contribution in [0, 0.1) is 0 Å². The number of nitrogens with zero attached hydrogens (tertiary/aromatic N) is 4. The summed E-state index contributed by atoms with van der Waals surface area (Å²) < 4.78 is 6.53. The zero-order valence-corrected chi connectivity index (χ0v) is 14.6. The molecule has 1 fully saturated rings. The number of amides is 1. The minimum atomic E-state index is -0.442. The molecule has 1 aromatic carbocycles. The van der Waals surface area contributed by atoms with Crippen molar-refractivity contribution in [3.8, 4) is 0 Å². The molecule has 1 atom stereocenters. The van der Waals surface area contributed by atoms with Gasteiger partial charge in [-0.25, -0.2) is 9.78 Å². The highest BCUT2D eigenvalue weighted by Gasteiger charge is 2.32. The van der Waals surface area contributed by atoms with Gasteiger partial charge in [0.25, 0.3) is 5.91 Å². The Morgan fingerprint density at radius 3 is 3.00 bits per heavy atom. The Balaban J connectivity index is 1.68. The molecule has 26 heavy (non-hydrogen) atoms. The van der Waals surface area contributed by atoms with Gasteiger partial charge >= 0.3 is 5.76 Å². The number of carbonyl (C=O) groups excluding carboxylic acids is 1. The number of aromatic nitrogens is 3. The van der Waals surface area contributed by atoms with Gasteiger partial charge in [0.1, 0.15) is 5.82 Å². The molecule has 0 saturated carbocycles. The Kier molecular flexibility index (Phi) is 3.95. The van der Waals surface area contributed by atoms with Crippen molar-refractivity contribution >= 4 is 22.8 Å². The average molecular weight is 353 g/mol. The predicted molar refractivity (Wildman–Crippen MR) is 96.0 cm³/mol. The van der Waals surface area contributed by atoms with Gasteiger partial charge in [0.15, 0.2) is 5.58 Å². The maximum absolute atomic E-state index is 13.1. The second-order valence-corrected chi connectivity index (χ2v) is 6.35. The lowest BCUT2D eigenvalue weighted by atomic mass is 10.1. The van der Waals surface area contributed by atoms with Crippen LogP contribution in [0.5, 0.6) is 0 Å². The van der Waals surface area contributed by atoms with Gasteiger partial charge in [0, 0.05) is 26.2 Å². The second kappa shape index (κ2) is 6.29. The fourth-order valence-electron chi connectivity index (χ4n) is 3.40. The van der Waals surface area contributed by atoms with Crippen LogP contribution in [0.15, 0.2) is 39.8 Å². The predicted octanol–water partition coefficient (Wildman–Crippen LogP) is 1.94. The second-order valence-electron chi connectivity index (χ2n) is 6.35. The Morgan fingerprint density at radius 2 is 2.19 bits per heavy atom. The molecule has 0 aliphatic carbocycles. The number of benzene rings is 1. The van der Waals surface area contributed by atoms with Crippen LogP contribution < -0.4 is 11.1 Å². The molecule has 1 saturated heterocycles. The van der Waals surface area contributed by atoms with E-state index in [1.165, 1.54) is 4.57 Å². The molecule has 1 aliphatic rings. The van der Waals surface area contributed by atoms with Crippen molar-refractivity contribution in [2.24, 2.45) is 7.05 Å². The molecule has 2 aromatic heterocycles. The largest absolute Gasteiger partial charge is 0.419 e. The third-order valence-electron chi connectivity index (χ3n) is 4.80. The van der Waals surface area contributed by atoms with Gasteiger partial charge in [-0.1, -0.05) is 0 Å². The van der Waals surface area contributed by atoms with E-state index in [4.69, 9.17) is 4.42 Å². The Hall–Kier alpha value is -3.16. The van der Waals surface area contributed by atoms with Crippen molar-refractivity contribution in [3.63, 3.8) is 0 Å². The first-order valence-electron chi connectivity index (χ1n) is 8.48. The molecule has 0 bridgehead atoms. The normalized spacial score (nSPS) is 17.0. The highest BCUT2D eigenvalue weighted by molar-refractivity contribution is 5.97. The first kappa shape index (κ1) is 16.3. The number of hydrogen-bond donors (Lipinski definition) is 1. The number of oxazole rings is 1. The molecular weight excluding hydrogens is 334 g/mol. The van der Waals surface area contributed by atoms with Crippen LogP contribution in [-0.4, -0.2) is 38.9 Å². The minimum absolute atomic E-state index is 0.0836. The van der Waals surface area contributed by atoms with E-state index in [2.05, 4.69) is 15.3 Å². The van der Waals surface area contributed by atoms with Gasteiger partial charge in [-0.3, -0.25) is 14.3 Å². The van der Waals surface area contributed by atoms with E-state index in [0.29, 0.717) is 29.0 Å². The molecule has 0 unspecified atom stereocenters. The van der Waals surface area contributed by atoms with Crippen LogP contribution in [0.4, 0.5) is 5.82 Å². The molecule has 134 valence electrons. The molecule has 1 N–H and O–H groups in total. The van der Waals surface area contributed by atoms with Gasteiger partial charge < -0.3 is 14.6 Å². The van der Waals surface area contributed by atoms with E-state index in [-0.39, 0.29) is 11.9 Å². The van der Waals surface area contributed by atoms with Gasteiger partial charge in [-0.15, -0.1) is 0 Å². The van der Waals surface area contributed by atoms with Gasteiger partial charge in [0.2, 0.25) is 0 Å². The van der Waals surface area contributed by atoms with E-state index >= 15 is 0 Å². The lowest BCUT2D eigenvalue weighted by molar-refractivity contribution is 0.0733. The summed E-state index contributed by atoms with van der Waals surface area (Å²) in [6.07, 6.45) is 5.12. The van der Waals surface area contributed by atoms with Crippen LogP contribution in [0.3, 0.4) is 0 Å². The highest BCUT2D eigenvalue weighted by atomic mass is 16.4. The first-order chi connectivity index (χ1) is 12.6. The number of aryl methyl sites for hydroxylation is 1. The maximum Gasteiger partial charge on any atom is 0.419 e. The van der Waals surface area contributed by atoms with Crippen molar-refractivity contribution in [2.45, 2.75) is 18.9 Å². The number of carbonyl (C=O) groups is 1. The molecule has 0 radical (unpaired) electrons. The number of hydrogen-bond acceptors (Lipinski definition) is 6. The van der Waals surface area contributed by atoms with Crippen molar-refractivity contribution < 1.29 is 9.21 Å². The quantitative estimate of drug-likeness (QED) is 0.773. The van der Waals surface area contributed by atoms with E-state index < -0.39 is 5.76 Å². The summed E-state index contributed by atoms with van der Waals surface area (Å²) in [7, 11) is 3.41. The molecule has 1 amide bonds. The standard InChI is InChI=1S/C18H19N5O3/c1-19-16-10-20-9-12(21-16)13-4-3-7-23(13)17(24)11-5-6-15-14(8-11)22(2)18(25)26-15/h5-6,8-10,13H,3-4,7H2,1-2H3,(H,19,21)/t13-/m0/s1. The molecule has 8 nitrogen and oxygen atoms in total. The summed E-state index contributed by atoms with van der Waals surface area (Å²) in [4.78, 5) is 35.3.